The molecule has 2 fully saturated rings. The molecular formula is C39H42Cl2F2N3O8S+. The summed E-state index contributed by atoms with van der Waals surface area (Å²) < 4.78 is 83.1. The Balaban J connectivity index is 1.34. The molecule has 55 heavy (non-hydrogen) atoms. The molecule has 1 N–H and O–H groups in total. The van der Waals surface area contributed by atoms with Crippen molar-refractivity contribution < 1.29 is 50.7 Å². The first-order chi connectivity index (χ1) is 26.4. The lowest BCUT2D eigenvalue weighted by Gasteiger charge is -2.31. The number of anilines is 1. The van der Waals surface area contributed by atoms with E-state index in [9.17, 15) is 22.0 Å². The minimum atomic E-state index is -3.88. The van der Waals surface area contributed by atoms with Crippen LogP contribution in [0.3, 0.4) is 0 Å². The van der Waals surface area contributed by atoms with Gasteiger partial charge in [0.1, 0.15) is 28.5 Å². The first-order valence-electron chi connectivity index (χ1n) is 17.8. The van der Waals surface area contributed by atoms with Gasteiger partial charge in [-0.2, -0.15) is 8.78 Å². The Bertz CT molecular complexity index is 2020. The number of aromatic amines is 1. The average molecular weight is 822 g/mol. The van der Waals surface area contributed by atoms with Gasteiger partial charge in [0, 0.05) is 38.2 Å². The van der Waals surface area contributed by atoms with Crippen molar-refractivity contribution in [3.8, 4) is 17.2 Å². The Morgan fingerprint density at radius 2 is 1.67 bits per heavy atom. The van der Waals surface area contributed by atoms with Crippen LogP contribution in [0.5, 0.6) is 17.2 Å². The summed E-state index contributed by atoms with van der Waals surface area (Å²) >= 11 is 13.0. The number of carbonyl (C=O) groups is 1. The molecule has 0 bridgehead atoms. The maximum Gasteiger partial charge on any atom is 0.387 e. The number of morpholine rings is 1. The second-order valence-electron chi connectivity index (χ2n) is 13.3. The predicted molar refractivity (Wildman–Crippen MR) is 203 cm³/mol. The van der Waals surface area contributed by atoms with Crippen LogP contribution in [0.15, 0.2) is 79.1 Å². The molecule has 1 saturated heterocycles. The van der Waals surface area contributed by atoms with E-state index in [1.165, 1.54) is 53.1 Å². The van der Waals surface area contributed by atoms with E-state index in [2.05, 4.69) is 9.88 Å². The number of benzene rings is 3. The molecule has 0 radical (unpaired) electrons. The number of sulfonamides is 1. The maximum absolute atomic E-state index is 14.1. The van der Waals surface area contributed by atoms with Crippen LogP contribution >= 0.6 is 23.2 Å². The number of rotatable bonds is 18. The molecule has 1 aliphatic carbocycles. The number of nitrogens with one attached hydrogen (secondary N) is 1. The van der Waals surface area contributed by atoms with Crippen LogP contribution in [-0.2, 0) is 32.5 Å². The Labute approximate surface area is 329 Å². The number of H-pyrrole nitrogens is 1. The molecule has 1 aromatic heterocycles. The minimum Gasteiger partial charge on any atom is -0.489 e. The molecule has 4 aromatic rings. The van der Waals surface area contributed by atoms with Crippen molar-refractivity contribution in [2.24, 2.45) is 5.92 Å². The highest BCUT2D eigenvalue weighted by Crippen LogP contribution is 2.39. The second kappa shape index (κ2) is 18.6. The molecule has 3 aromatic carbocycles. The molecule has 0 amide bonds. The number of nitrogens with zero attached hydrogens (tertiary/aromatic N) is 2. The summed E-state index contributed by atoms with van der Waals surface area (Å²) in [5.41, 5.74) is 1.91. The number of pyridine rings is 1. The summed E-state index contributed by atoms with van der Waals surface area (Å²) in [6.45, 7) is 0.253. The van der Waals surface area contributed by atoms with E-state index in [-0.39, 0.29) is 58.1 Å². The van der Waals surface area contributed by atoms with Crippen molar-refractivity contribution in [3.05, 3.63) is 111 Å². The Hall–Kier alpha value is -4.21. The molecule has 11 nitrogen and oxygen atoms in total. The number of ether oxygens (including phenoxy) is 5. The van der Waals surface area contributed by atoms with Gasteiger partial charge in [0.05, 0.1) is 37.3 Å². The number of hydrogen-bond donors (Lipinski definition) is 0. The number of esters is 1. The normalized spacial score (nSPS) is 15.4. The van der Waals surface area contributed by atoms with E-state index in [1.54, 1.807) is 0 Å². The summed E-state index contributed by atoms with van der Waals surface area (Å²) in [5, 5.41) is 0.561. The van der Waals surface area contributed by atoms with Gasteiger partial charge in [0.2, 0.25) is 10.0 Å². The van der Waals surface area contributed by atoms with Gasteiger partial charge in [-0.15, -0.1) is 0 Å². The lowest BCUT2D eigenvalue weighted by atomic mass is 10.0. The Kier molecular flexibility index (Phi) is 13.7. The number of halogens is 4. The van der Waals surface area contributed by atoms with Crippen LogP contribution in [0.25, 0.3) is 0 Å². The SMILES string of the molecule is CS(=O)(=O)N(CCN1CCOCC1)c1cc(C(=O)O[C@@H](Cc2c(Cl)c[nH+]cc2Cl)c2ccc(OC(F)F)c(OCC3CC3)c2)ccc1OCc1ccccc1. The number of alkyl halides is 2. The zero-order valence-electron chi connectivity index (χ0n) is 30.1. The van der Waals surface area contributed by atoms with Crippen LogP contribution in [0.2, 0.25) is 10.0 Å². The summed E-state index contributed by atoms with van der Waals surface area (Å²) in [5.74, 6) is -0.343. The van der Waals surface area contributed by atoms with E-state index in [4.69, 9.17) is 46.9 Å². The molecule has 2 heterocycles. The highest BCUT2D eigenvalue weighted by atomic mass is 35.5. The van der Waals surface area contributed by atoms with Gasteiger partial charge in [0.25, 0.3) is 0 Å². The van der Waals surface area contributed by atoms with Gasteiger partial charge in [-0.3, -0.25) is 9.21 Å². The van der Waals surface area contributed by atoms with Crippen LogP contribution in [-0.4, -0.2) is 78.2 Å². The number of carbonyl (C=O) groups excluding carboxylic acids is 1. The van der Waals surface area contributed by atoms with Crippen molar-refractivity contribution in [1.29, 1.82) is 0 Å². The van der Waals surface area contributed by atoms with E-state index in [0.717, 1.165) is 24.7 Å². The van der Waals surface area contributed by atoms with Crippen molar-refractivity contribution in [3.63, 3.8) is 0 Å². The predicted octanol–water partition coefficient (Wildman–Crippen LogP) is 7.02. The third-order valence-corrected chi connectivity index (χ3v) is 11.0. The quantitative estimate of drug-likeness (QED) is 0.0977. The summed E-state index contributed by atoms with van der Waals surface area (Å²) in [7, 11) is -3.88. The molecule has 2 aliphatic rings. The molecule has 6 rings (SSSR count). The molecule has 1 aliphatic heterocycles. The standard InChI is InChI=1S/C39H41Cl2F2N3O8S/c1-55(48,49)46(14-13-45-15-17-50-18-16-45)33-19-29(10-11-34(33)51-24-26-5-3-2-4-6-26)38(47)53-36(21-30-31(40)22-44-23-32(30)41)28-9-12-35(54-39(42)43)37(20-28)52-25-27-7-8-27/h2-6,9-12,19-20,22-23,27,36,39H,7-8,13-18,21,24-25H2,1H3/p+1/t36-/m0/s1. The minimum absolute atomic E-state index is 0.00462. The summed E-state index contributed by atoms with van der Waals surface area (Å²) in [6, 6.07) is 18.2. The van der Waals surface area contributed by atoms with E-state index >= 15 is 0 Å². The zero-order valence-corrected chi connectivity index (χ0v) is 32.4. The van der Waals surface area contributed by atoms with Gasteiger partial charge in [0.15, 0.2) is 23.9 Å². The second-order valence-corrected chi connectivity index (χ2v) is 16.0. The number of aromatic nitrogens is 1. The van der Waals surface area contributed by atoms with Crippen molar-refractivity contribution >= 4 is 44.9 Å². The Morgan fingerprint density at radius 1 is 0.964 bits per heavy atom. The highest BCUT2D eigenvalue weighted by Gasteiger charge is 2.29. The van der Waals surface area contributed by atoms with E-state index in [1.807, 2.05) is 30.3 Å². The van der Waals surface area contributed by atoms with Gasteiger partial charge < -0.3 is 23.7 Å². The van der Waals surface area contributed by atoms with Gasteiger partial charge in [-0.05, 0) is 60.2 Å². The lowest BCUT2D eigenvalue weighted by molar-refractivity contribution is -0.377. The zero-order chi connectivity index (χ0) is 39.0. The van der Waals surface area contributed by atoms with Crippen molar-refractivity contribution in [2.45, 2.75) is 38.6 Å². The van der Waals surface area contributed by atoms with Crippen LogP contribution < -0.4 is 23.5 Å². The lowest BCUT2D eigenvalue weighted by Crippen LogP contribution is -2.43. The van der Waals surface area contributed by atoms with Crippen molar-refractivity contribution in [2.75, 3.05) is 56.6 Å². The fraction of sp³-hybridized carbons (Fsp3) is 0.385. The molecule has 0 unspecified atom stereocenters. The van der Waals surface area contributed by atoms with Gasteiger partial charge >= 0.3 is 12.6 Å². The van der Waals surface area contributed by atoms with E-state index in [0.29, 0.717) is 56.5 Å². The molecule has 16 heteroatoms. The van der Waals surface area contributed by atoms with Crippen LogP contribution in [0.4, 0.5) is 14.5 Å². The topological polar surface area (TPSA) is 118 Å². The third-order valence-electron chi connectivity index (χ3n) is 9.19. The monoisotopic (exact) mass is 820 g/mol. The smallest absolute Gasteiger partial charge is 0.387 e. The molecule has 1 saturated carbocycles. The molecule has 294 valence electrons. The highest BCUT2D eigenvalue weighted by molar-refractivity contribution is 7.92. The van der Waals surface area contributed by atoms with Gasteiger partial charge in [-0.1, -0.05) is 59.6 Å². The summed E-state index contributed by atoms with van der Waals surface area (Å²) in [4.78, 5) is 19.1. The Morgan fingerprint density at radius 3 is 2.35 bits per heavy atom. The largest absolute Gasteiger partial charge is 0.489 e. The molecule has 1 atom stereocenters. The molecule has 0 spiro atoms. The van der Waals surface area contributed by atoms with Crippen molar-refractivity contribution in [1.82, 2.24) is 4.90 Å². The first kappa shape index (κ1) is 40.5. The number of hydrogen-bond acceptors (Lipinski definition) is 9. The van der Waals surface area contributed by atoms with Gasteiger partial charge in [-0.25, -0.2) is 18.2 Å². The average Bonchev–Trinajstić information content (AvgIpc) is 4.00. The molecular weight excluding hydrogens is 779 g/mol. The maximum atomic E-state index is 14.1. The summed E-state index contributed by atoms with van der Waals surface area (Å²) in [6.07, 6.45) is 5.03. The third kappa shape index (κ3) is 11.4. The fourth-order valence-corrected chi connectivity index (χ4v) is 7.47. The van der Waals surface area contributed by atoms with Crippen LogP contribution in [0, 0.1) is 5.92 Å². The fourth-order valence-electron chi connectivity index (χ4n) is 6.02. The first-order valence-corrected chi connectivity index (χ1v) is 20.4. The van der Waals surface area contributed by atoms with E-state index < -0.39 is 28.7 Å². The van der Waals surface area contributed by atoms with Crippen LogP contribution in [0.1, 0.15) is 46.0 Å².